The molecule has 1 amide bonds. The summed E-state index contributed by atoms with van der Waals surface area (Å²) in [5.41, 5.74) is 2.02. The van der Waals surface area contributed by atoms with Crippen molar-refractivity contribution in [3.63, 3.8) is 0 Å². The molecule has 0 saturated heterocycles. The van der Waals surface area contributed by atoms with E-state index in [0.29, 0.717) is 17.0 Å². The molecular weight excluding hydrogens is 306 g/mol. The number of nitrogens with zero attached hydrogens (tertiary/aromatic N) is 2. The fourth-order valence-electron chi connectivity index (χ4n) is 2.16. The van der Waals surface area contributed by atoms with Gasteiger partial charge in [-0.25, -0.2) is 4.68 Å². The van der Waals surface area contributed by atoms with Gasteiger partial charge >= 0.3 is 0 Å². The summed E-state index contributed by atoms with van der Waals surface area (Å²) in [7, 11) is 0. The molecule has 0 unspecified atom stereocenters. The zero-order valence-electron chi connectivity index (χ0n) is 12.9. The first kappa shape index (κ1) is 15.8. The third-order valence-corrected chi connectivity index (χ3v) is 3.34. The number of carbonyl (C=O) groups is 1. The third-order valence-electron chi connectivity index (χ3n) is 3.34. The summed E-state index contributed by atoms with van der Waals surface area (Å²) in [6, 6.07) is 16.5. The van der Waals surface area contributed by atoms with E-state index in [2.05, 4.69) is 10.4 Å². The van der Waals surface area contributed by atoms with Crippen molar-refractivity contribution in [3.8, 4) is 11.4 Å². The molecule has 0 radical (unpaired) electrons. The van der Waals surface area contributed by atoms with Crippen LogP contribution in [-0.4, -0.2) is 34.0 Å². The van der Waals surface area contributed by atoms with Gasteiger partial charge in [0.2, 0.25) is 0 Å². The number of hydrogen-bond acceptors (Lipinski definition) is 4. The van der Waals surface area contributed by atoms with Crippen LogP contribution in [0.5, 0.6) is 5.75 Å². The van der Waals surface area contributed by atoms with Gasteiger partial charge in [0.15, 0.2) is 0 Å². The number of aliphatic hydroxyl groups excluding tert-OH is 1. The number of carbonyl (C=O) groups excluding carboxylic acids is 1. The van der Waals surface area contributed by atoms with Crippen LogP contribution in [0.1, 0.15) is 10.4 Å². The molecule has 122 valence electrons. The zero-order chi connectivity index (χ0) is 16.8. The van der Waals surface area contributed by atoms with Gasteiger partial charge in [-0.2, -0.15) is 5.10 Å². The van der Waals surface area contributed by atoms with Crippen molar-refractivity contribution in [1.29, 1.82) is 0 Å². The minimum atomic E-state index is -0.235. The van der Waals surface area contributed by atoms with Crippen LogP contribution in [0.15, 0.2) is 67.0 Å². The normalized spacial score (nSPS) is 10.4. The van der Waals surface area contributed by atoms with Crippen molar-refractivity contribution in [2.45, 2.75) is 0 Å². The Labute approximate surface area is 139 Å². The van der Waals surface area contributed by atoms with E-state index in [1.54, 1.807) is 35.1 Å². The third kappa shape index (κ3) is 3.80. The van der Waals surface area contributed by atoms with E-state index in [0.717, 1.165) is 5.69 Å². The predicted octanol–water partition coefficient (Wildman–Crippen LogP) is 2.50. The van der Waals surface area contributed by atoms with Crippen molar-refractivity contribution >= 4 is 11.6 Å². The number of benzene rings is 2. The van der Waals surface area contributed by atoms with Gasteiger partial charge in [0.25, 0.3) is 5.91 Å². The quantitative estimate of drug-likeness (QED) is 0.731. The second-order valence-electron chi connectivity index (χ2n) is 5.06. The standard InChI is InChI=1S/C18H17N3O3/c22-10-11-24-17-8-6-15(7-9-17)20-18(23)14-12-19-21(13-14)16-4-2-1-3-5-16/h1-9,12-13,22H,10-11H2,(H,20,23). The number of rotatable bonds is 6. The Morgan fingerprint density at radius 1 is 1.12 bits per heavy atom. The van der Waals surface area contributed by atoms with Crippen LogP contribution >= 0.6 is 0 Å². The minimum absolute atomic E-state index is 0.0378. The van der Waals surface area contributed by atoms with Gasteiger partial charge in [-0.1, -0.05) is 18.2 Å². The summed E-state index contributed by atoms with van der Waals surface area (Å²) in [5, 5.41) is 15.7. The van der Waals surface area contributed by atoms with Crippen LogP contribution < -0.4 is 10.1 Å². The van der Waals surface area contributed by atoms with Crippen molar-refractivity contribution in [2.75, 3.05) is 18.5 Å². The van der Waals surface area contributed by atoms with Gasteiger partial charge in [-0.05, 0) is 36.4 Å². The monoisotopic (exact) mass is 323 g/mol. The molecule has 0 aliphatic heterocycles. The van der Waals surface area contributed by atoms with Crippen LogP contribution in [0, 0.1) is 0 Å². The lowest BCUT2D eigenvalue weighted by Gasteiger charge is -2.06. The summed E-state index contributed by atoms with van der Waals surface area (Å²) >= 11 is 0. The Morgan fingerprint density at radius 2 is 1.88 bits per heavy atom. The summed E-state index contributed by atoms with van der Waals surface area (Å²) < 4.78 is 6.93. The molecular formula is C18H17N3O3. The Morgan fingerprint density at radius 3 is 2.58 bits per heavy atom. The van der Waals surface area contributed by atoms with Crippen molar-refractivity contribution in [3.05, 3.63) is 72.6 Å². The predicted molar refractivity (Wildman–Crippen MR) is 90.5 cm³/mol. The number of anilines is 1. The average molecular weight is 323 g/mol. The second kappa shape index (κ2) is 7.43. The highest BCUT2D eigenvalue weighted by Gasteiger charge is 2.10. The van der Waals surface area contributed by atoms with Gasteiger partial charge in [-0.15, -0.1) is 0 Å². The van der Waals surface area contributed by atoms with E-state index >= 15 is 0 Å². The minimum Gasteiger partial charge on any atom is -0.491 e. The summed E-state index contributed by atoms with van der Waals surface area (Å²) in [6.45, 7) is 0.203. The highest BCUT2D eigenvalue weighted by Crippen LogP contribution is 2.16. The molecule has 2 N–H and O–H groups in total. The van der Waals surface area contributed by atoms with E-state index in [-0.39, 0.29) is 19.1 Å². The highest BCUT2D eigenvalue weighted by molar-refractivity contribution is 6.04. The van der Waals surface area contributed by atoms with Crippen molar-refractivity contribution in [2.24, 2.45) is 0 Å². The van der Waals surface area contributed by atoms with Gasteiger partial charge in [-0.3, -0.25) is 4.79 Å². The van der Waals surface area contributed by atoms with Crippen LogP contribution in [0.2, 0.25) is 0 Å². The maximum absolute atomic E-state index is 12.3. The lowest BCUT2D eigenvalue weighted by Crippen LogP contribution is -2.11. The lowest BCUT2D eigenvalue weighted by atomic mass is 10.2. The largest absolute Gasteiger partial charge is 0.491 e. The molecule has 0 bridgehead atoms. The first-order valence-electron chi connectivity index (χ1n) is 7.51. The number of para-hydroxylation sites is 1. The lowest BCUT2D eigenvalue weighted by molar-refractivity contribution is 0.102. The Bertz CT molecular complexity index is 798. The molecule has 0 fully saturated rings. The number of aromatic nitrogens is 2. The highest BCUT2D eigenvalue weighted by atomic mass is 16.5. The molecule has 6 nitrogen and oxygen atoms in total. The zero-order valence-corrected chi connectivity index (χ0v) is 12.9. The fourth-order valence-corrected chi connectivity index (χ4v) is 2.16. The molecule has 0 spiro atoms. The molecule has 1 heterocycles. The van der Waals surface area contributed by atoms with Crippen molar-refractivity contribution < 1.29 is 14.6 Å². The number of nitrogens with one attached hydrogen (secondary N) is 1. The van der Waals surface area contributed by atoms with Gasteiger partial charge in [0.05, 0.1) is 24.1 Å². The van der Waals surface area contributed by atoms with Crippen LogP contribution in [-0.2, 0) is 0 Å². The van der Waals surface area contributed by atoms with Gasteiger partial charge < -0.3 is 15.2 Å². The number of ether oxygens (including phenoxy) is 1. The molecule has 0 atom stereocenters. The Kier molecular flexibility index (Phi) is 4.88. The van der Waals surface area contributed by atoms with E-state index < -0.39 is 0 Å². The maximum Gasteiger partial charge on any atom is 0.258 e. The number of amides is 1. The van der Waals surface area contributed by atoms with Gasteiger partial charge in [0, 0.05) is 11.9 Å². The molecule has 3 aromatic rings. The molecule has 0 saturated carbocycles. The summed E-state index contributed by atoms with van der Waals surface area (Å²) in [4.78, 5) is 12.3. The van der Waals surface area contributed by atoms with E-state index in [4.69, 9.17) is 9.84 Å². The molecule has 6 heteroatoms. The van der Waals surface area contributed by atoms with Crippen LogP contribution in [0.3, 0.4) is 0 Å². The summed E-state index contributed by atoms with van der Waals surface area (Å²) in [5.74, 6) is 0.403. The molecule has 24 heavy (non-hydrogen) atoms. The second-order valence-corrected chi connectivity index (χ2v) is 5.06. The average Bonchev–Trinajstić information content (AvgIpc) is 3.12. The SMILES string of the molecule is O=C(Nc1ccc(OCCO)cc1)c1cnn(-c2ccccc2)c1. The smallest absolute Gasteiger partial charge is 0.258 e. The summed E-state index contributed by atoms with van der Waals surface area (Å²) in [6.07, 6.45) is 3.21. The first-order chi connectivity index (χ1) is 11.8. The topological polar surface area (TPSA) is 76.4 Å². The molecule has 0 aliphatic carbocycles. The van der Waals surface area contributed by atoms with E-state index in [9.17, 15) is 4.79 Å². The molecule has 2 aromatic carbocycles. The number of aliphatic hydroxyl groups is 1. The molecule has 3 rings (SSSR count). The van der Waals surface area contributed by atoms with E-state index in [1.807, 2.05) is 30.3 Å². The van der Waals surface area contributed by atoms with E-state index in [1.165, 1.54) is 6.20 Å². The fraction of sp³-hybridized carbons (Fsp3) is 0.111. The Balaban J connectivity index is 1.66. The molecule has 0 aliphatic rings. The van der Waals surface area contributed by atoms with Gasteiger partial charge in [0.1, 0.15) is 12.4 Å². The maximum atomic E-state index is 12.3. The number of hydrogen-bond donors (Lipinski definition) is 2. The van der Waals surface area contributed by atoms with Crippen molar-refractivity contribution in [1.82, 2.24) is 9.78 Å². The van der Waals surface area contributed by atoms with Crippen LogP contribution in [0.4, 0.5) is 5.69 Å². The first-order valence-corrected chi connectivity index (χ1v) is 7.51. The molecule has 1 aromatic heterocycles. The Hall–Kier alpha value is -3.12. The van der Waals surface area contributed by atoms with Crippen LogP contribution in [0.25, 0.3) is 5.69 Å².